The first-order chi connectivity index (χ1) is 4.70. The Morgan fingerprint density at radius 1 is 1.80 bits per heavy atom. The normalized spacial score (nSPS) is 12.2. The Labute approximate surface area is 62.3 Å². The molecule has 0 aromatic heterocycles. The van der Waals surface area contributed by atoms with E-state index < -0.39 is 0 Å². The van der Waals surface area contributed by atoms with Gasteiger partial charge in [0.15, 0.2) is 0 Å². The second kappa shape index (κ2) is 5.03. The lowest BCUT2D eigenvalue weighted by molar-refractivity contribution is -0.121. The number of carbonyl (C=O) groups is 1. The molecule has 0 aromatic rings. The first kappa shape index (κ1) is 9.21. The smallest absolute Gasteiger partial charge is 0.219 e. The van der Waals surface area contributed by atoms with E-state index >= 15 is 0 Å². The number of nitrogens with one attached hydrogen (secondary N) is 1. The van der Waals surface area contributed by atoms with Crippen LogP contribution in [0.4, 0.5) is 0 Å². The van der Waals surface area contributed by atoms with Gasteiger partial charge in [-0.1, -0.05) is 13.0 Å². The topological polar surface area (TPSA) is 29.1 Å². The molecular formula is C8H15NO. The molecular weight excluding hydrogens is 126 g/mol. The Bertz CT molecular complexity index is 120. The van der Waals surface area contributed by atoms with Crippen molar-refractivity contribution in [2.75, 3.05) is 0 Å². The van der Waals surface area contributed by atoms with Crippen molar-refractivity contribution in [3.05, 3.63) is 12.7 Å². The van der Waals surface area contributed by atoms with E-state index in [2.05, 4.69) is 11.9 Å². The molecule has 0 saturated carbocycles. The van der Waals surface area contributed by atoms with Crippen LogP contribution in [-0.4, -0.2) is 11.9 Å². The maximum atomic E-state index is 10.8. The van der Waals surface area contributed by atoms with Crippen LogP contribution in [0.2, 0.25) is 0 Å². The predicted molar refractivity (Wildman–Crippen MR) is 42.7 cm³/mol. The maximum absolute atomic E-state index is 10.8. The van der Waals surface area contributed by atoms with E-state index in [0.29, 0.717) is 6.42 Å². The van der Waals surface area contributed by atoms with E-state index in [1.165, 1.54) is 0 Å². The summed E-state index contributed by atoms with van der Waals surface area (Å²) in [6, 6.07) is 0.227. The van der Waals surface area contributed by atoms with Crippen molar-refractivity contribution in [3.63, 3.8) is 0 Å². The molecule has 0 aliphatic heterocycles. The molecule has 0 fully saturated rings. The quantitative estimate of drug-likeness (QED) is 0.590. The molecule has 0 aliphatic carbocycles. The SMILES string of the molecule is C=CCC(C)NC(=O)CC. The minimum atomic E-state index is 0.106. The molecule has 0 radical (unpaired) electrons. The fraction of sp³-hybridized carbons (Fsp3) is 0.625. The lowest BCUT2D eigenvalue weighted by Crippen LogP contribution is -2.31. The van der Waals surface area contributed by atoms with Gasteiger partial charge in [0.05, 0.1) is 0 Å². The highest BCUT2D eigenvalue weighted by Gasteiger charge is 2.01. The van der Waals surface area contributed by atoms with Crippen LogP contribution in [-0.2, 0) is 4.79 Å². The minimum Gasteiger partial charge on any atom is -0.353 e. The second-order valence-corrected chi connectivity index (χ2v) is 2.35. The molecule has 2 heteroatoms. The van der Waals surface area contributed by atoms with Gasteiger partial charge in [-0.3, -0.25) is 4.79 Å². The van der Waals surface area contributed by atoms with Gasteiger partial charge in [-0.15, -0.1) is 6.58 Å². The van der Waals surface area contributed by atoms with Crippen molar-refractivity contribution < 1.29 is 4.79 Å². The van der Waals surface area contributed by atoms with Gasteiger partial charge in [-0.05, 0) is 13.3 Å². The van der Waals surface area contributed by atoms with E-state index in [1.54, 1.807) is 6.08 Å². The summed E-state index contributed by atoms with van der Waals surface area (Å²) in [6.45, 7) is 7.39. The van der Waals surface area contributed by atoms with Crippen LogP contribution < -0.4 is 5.32 Å². The summed E-state index contributed by atoms with van der Waals surface area (Å²) in [5.41, 5.74) is 0. The van der Waals surface area contributed by atoms with Crippen LogP contribution in [0.15, 0.2) is 12.7 Å². The van der Waals surface area contributed by atoms with E-state index in [1.807, 2.05) is 13.8 Å². The van der Waals surface area contributed by atoms with Crippen molar-refractivity contribution >= 4 is 5.91 Å². The van der Waals surface area contributed by atoms with Crippen molar-refractivity contribution in [1.29, 1.82) is 0 Å². The maximum Gasteiger partial charge on any atom is 0.219 e. The Morgan fingerprint density at radius 2 is 2.40 bits per heavy atom. The number of hydrogen-bond acceptors (Lipinski definition) is 1. The van der Waals surface area contributed by atoms with Gasteiger partial charge in [-0.2, -0.15) is 0 Å². The van der Waals surface area contributed by atoms with Crippen molar-refractivity contribution in [1.82, 2.24) is 5.32 Å². The molecule has 0 saturated heterocycles. The third-order valence-corrected chi connectivity index (χ3v) is 1.25. The summed E-state index contributed by atoms with van der Waals surface area (Å²) in [5, 5.41) is 2.82. The lowest BCUT2D eigenvalue weighted by atomic mass is 10.2. The largest absolute Gasteiger partial charge is 0.353 e. The molecule has 0 aromatic carbocycles. The first-order valence-electron chi connectivity index (χ1n) is 3.61. The molecule has 2 nitrogen and oxygen atoms in total. The van der Waals surface area contributed by atoms with Crippen molar-refractivity contribution in [2.45, 2.75) is 32.7 Å². The van der Waals surface area contributed by atoms with Gasteiger partial charge in [0.2, 0.25) is 5.91 Å². The molecule has 0 bridgehead atoms. The van der Waals surface area contributed by atoms with E-state index in [0.717, 1.165) is 6.42 Å². The number of amides is 1. The molecule has 10 heavy (non-hydrogen) atoms. The third kappa shape index (κ3) is 4.13. The van der Waals surface area contributed by atoms with Crippen molar-refractivity contribution in [3.8, 4) is 0 Å². The van der Waals surface area contributed by atoms with Gasteiger partial charge >= 0.3 is 0 Å². The van der Waals surface area contributed by atoms with Gasteiger partial charge in [0.25, 0.3) is 0 Å². The van der Waals surface area contributed by atoms with Crippen LogP contribution in [0, 0.1) is 0 Å². The highest BCUT2D eigenvalue weighted by atomic mass is 16.1. The van der Waals surface area contributed by atoms with Crippen molar-refractivity contribution in [2.24, 2.45) is 0 Å². The predicted octanol–water partition coefficient (Wildman–Crippen LogP) is 1.48. The summed E-state index contributed by atoms with van der Waals surface area (Å²) in [5.74, 6) is 0.106. The molecule has 1 amide bonds. The van der Waals surface area contributed by atoms with Crippen LogP contribution in [0.1, 0.15) is 26.7 Å². The monoisotopic (exact) mass is 141 g/mol. The Hall–Kier alpha value is -0.790. The zero-order valence-electron chi connectivity index (χ0n) is 6.68. The highest BCUT2D eigenvalue weighted by Crippen LogP contribution is 1.90. The second-order valence-electron chi connectivity index (χ2n) is 2.35. The lowest BCUT2D eigenvalue weighted by Gasteiger charge is -2.09. The summed E-state index contributed by atoms with van der Waals surface area (Å²) in [4.78, 5) is 10.8. The fourth-order valence-corrected chi connectivity index (χ4v) is 0.686. The minimum absolute atomic E-state index is 0.106. The average Bonchev–Trinajstić information content (AvgIpc) is 1.88. The zero-order valence-corrected chi connectivity index (χ0v) is 6.68. The average molecular weight is 141 g/mol. The molecule has 0 heterocycles. The Balaban J connectivity index is 3.46. The molecule has 0 rings (SSSR count). The molecule has 1 N–H and O–H groups in total. The summed E-state index contributed by atoms with van der Waals surface area (Å²) in [7, 11) is 0. The van der Waals surface area contributed by atoms with Gasteiger partial charge < -0.3 is 5.32 Å². The standard InChI is InChI=1S/C8H15NO/c1-4-6-7(3)9-8(10)5-2/h4,7H,1,5-6H2,2-3H3,(H,9,10). The Morgan fingerprint density at radius 3 is 2.80 bits per heavy atom. The van der Waals surface area contributed by atoms with Crippen LogP contribution in [0.5, 0.6) is 0 Å². The van der Waals surface area contributed by atoms with Crippen LogP contribution in [0.3, 0.4) is 0 Å². The van der Waals surface area contributed by atoms with E-state index in [4.69, 9.17) is 0 Å². The Kier molecular flexibility index (Phi) is 4.63. The van der Waals surface area contributed by atoms with Crippen LogP contribution >= 0.6 is 0 Å². The first-order valence-corrected chi connectivity index (χ1v) is 3.61. The number of hydrogen-bond donors (Lipinski definition) is 1. The summed E-state index contributed by atoms with van der Waals surface area (Å²) < 4.78 is 0. The molecule has 1 atom stereocenters. The van der Waals surface area contributed by atoms with E-state index in [-0.39, 0.29) is 11.9 Å². The summed E-state index contributed by atoms with van der Waals surface area (Å²) in [6.07, 6.45) is 3.20. The molecule has 0 spiro atoms. The molecule has 0 aliphatic rings. The zero-order chi connectivity index (χ0) is 7.98. The molecule has 1 unspecified atom stereocenters. The third-order valence-electron chi connectivity index (χ3n) is 1.25. The fourth-order valence-electron chi connectivity index (χ4n) is 0.686. The van der Waals surface area contributed by atoms with E-state index in [9.17, 15) is 4.79 Å². The van der Waals surface area contributed by atoms with Gasteiger partial charge in [0, 0.05) is 12.5 Å². The van der Waals surface area contributed by atoms with Gasteiger partial charge in [-0.25, -0.2) is 0 Å². The number of rotatable bonds is 4. The summed E-state index contributed by atoms with van der Waals surface area (Å²) >= 11 is 0. The highest BCUT2D eigenvalue weighted by molar-refractivity contribution is 5.75. The van der Waals surface area contributed by atoms with Crippen LogP contribution in [0.25, 0.3) is 0 Å². The number of carbonyl (C=O) groups excluding carboxylic acids is 1. The van der Waals surface area contributed by atoms with Gasteiger partial charge in [0.1, 0.15) is 0 Å². The molecule has 58 valence electrons.